The molecular weight excluding hydrogens is 341 g/mol. The van der Waals surface area contributed by atoms with E-state index in [9.17, 15) is 4.39 Å². The number of hydrogen-bond donors (Lipinski definition) is 0. The summed E-state index contributed by atoms with van der Waals surface area (Å²) in [6, 6.07) is 6.50. The second-order valence-electron chi connectivity index (χ2n) is 6.14. The van der Waals surface area contributed by atoms with E-state index in [1.807, 2.05) is 4.68 Å². The lowest BCUT2D eigenvalue weighted by atomic mass is 9.96. The van der Waals surface area contributed by atoms with Gasteiger partial charge in [-0.05, 0) is 47.5 Å². The SMILES string of the molecule is Fc1ccc(-c2nc(CSc3nnnn3C3CCCCC3)co2)cc1. The van der Waals surface area contributed by atoms with Crippen molar-refractivity contribution >= 4 is 11.8 Å². The zero-order chi connectivity index (χ0) is 17.1. The summed E-state index contributed by atoms with van der Waals surface area (Å²) >= 11 is 1.56. The van der Waals surface area contributed by atoms with Crippen LogP contribution in [0.4, 0.5) is 4.39 Å². The summed E-state index contributed by atoms with van der Waals surface area (Å²) in [7, 11) is 0. The number of halogens is 1. The van der Waals surface area contributed by atoms with E-state index in [4.69, 9.17) is 4.42 Å². The van der Waals surface area contributed by atoms with Crippen molar-refractivity contribution in [1.29, 1.82) is 0 Å². The van der Waals surface area contributed by atoms with Gasteiger partial charge in [0.25, 0.3) is 0 Å². The van der Waals surface area contributed by atoms with E-state index in [0.717, 1.165) is 29.3 Å². The summed E-state index contributed by atoms with van der Waals surface area (Å²) < 4.78 is 20.5. The Balaban J connectivity index is 1.42. The van der Waals surface area contributed by atoms with Crippen molar-refractivity contribution in [3.8, 4) is 11.5 Å². The summed E-state index contributed by atoms with van der Waals surface area (Å²) in [5.74, 6) is 0.834. The molecule has 0 N–H and O–H groups in total. The second kappa shape index (κ2) is 7.35. The van der Waals surface area contributed by atoms with E-state index in [0.29, 0.717) is 17.7 Å². The van der Waals surface area contributed by atoms with Gasteiger partial charge >= 0.3 is 0 Å². The molecule has 2 heterocycles. The highest BCUT2D eigenvalue weighted by Gasteiger charge is 2.20. The zero-order valence-corrected chi connectivity index (χ0v) is 14.5. The van der Waals surface area contributed by atoms with Crippen LogP contribution in [0.25, 0.3) is 11.5 Å². The van der Waals surface area contributed by atoms with Gasteiger partial charge in [-0.2, -0.15) is 0 Å². The van der Waals surface area contributed by atoms with Gasteiger partial charge in [0.1, 0.15) is 12.1 Å². The summed E-state index contributed by atoms with van der Waals surface area (Å²) in [6.45, 7) is 0. The third-order valence-electron chi connectivity index (χ3n) is 4.38. The van der Waals surface area contributed by atoms with Gasteiger partial charge in [0.05, 0.1) is 11.7 Å². The lowest BCUT2D eigenvalue weighted by Crippen LogP contribution is -2.15. The third-order valence-corrected chi connectivity index (χ3v) is 5.34. The van der Waals surface area contributed by atoms with Gasteiger partial charge in [0.15, 0.2) is 0 Å². The summed E-state index contributed by atoms with van der Waals surface area (Å²) in [5, 5.41) is 13.0. The Morgan fingerprint density at radius 2 is 1.96 bits per heavy atom. The highest BCUT2D eigenvalue weighted by molar-refractivity contribution is 7.98. The molecule has 0 bridgehead atoms. The molecule has 3 aromatic rings. The molecule has 0 amide bonds. The van der Waals surface area contributed by atoms with Crippen LogP contribution in [0.3, 0.4) is 0 Å². The molecule has 0 aliphatic heterocycles. The normalized spacial score (nSPS) is 15.6. The molecule has 6 nitrogen and oxygen atoms in total. The maximum absolute atomic E-state index is 13.0. The highest BCUT2D eigenvalue weighted by atomic mass is 32.2. The van der Waals surface area contributed by atoms with Crippen molar-refractivity contribution in [2.24, 2.45) is 0 Å². The van der Waals surface area contributed by atoms with Crippen LogP contribution in [0.5, 0.6) is 0 Å². The molecule has 1 saturated carbocycles. The monoisotopic (exact) mass is 359 g/mol. The molecule has 0 radical (unpaired) electrons. The van der Waals surface area contributed by atoms with Gasteiger partial charge in [-0.15, -0.1) is 5.10 Å². The maximum Gasteiger partial charge on any atom is 0.226 e. The first-order valence-electron chi connectivity index (χ1n) is 8.40. The molecule has 1 fully saturated rings. The first kappa shape index (κ1) is 16.3. The summed E-state index contributed by atoms with van der Waals surface area (Å²) in [6.07, 6.45) is 7.67. The number of hydrogen-bond acceptors (Lipinski definition) is 6. The van der Waals surface area contributed by atoms with E-state index in [-0.39, 0.29) is 5.82 Å². The Labute approximate surface area is 148 Å². The van der Waals surface area contributed by atoms with Crippen molar-refractivity contribution in [3.63, 3.8) is 0 Å². The number of aromatic nitrogens is 5. The lowest BCUT2D eigenvalue weighted by molar-refractivity contribution is 0.307. The van der Waals surface area contributed by atoms with Crippen LogP contribution in [-0.2, 0) is 5.75 Å². The maximum atomic E-state index is 13.0. The number of nitrogens with zero attached hydrogens (tertiary/aromatic N) is 5. The molecule has 8 heteroatoms. The smallest absolute Gasteiger partial charge is 0.226 e. The van der Waals surface area contributed by atoms with Crippen LogP contribution in [0, 0.1) is 5.82 Å². The van der Waals surface area contributed by atoms with Crippen molar-refractivity contribution in [3.05, 3.63) is 42.0 Å². The molecule has 0 unspecified atom stereocenters. The fourth-order valence-corrected chi connectivity index (χ4v) is 3.89. The number of rotatable bonds is 5. The third kappa shape index (κ3) is 3.73. The van der Waals surface area contributed by atoms with Gasteiger partial charge in [0.2, 0.25) is 11.0 Å². The molecule has 25 heavy (non-hydrogen) atoms. The standard InChI is InChI=1S/C17H18FN5OS/c18-13-8-6-12(7-9-13)16-19-14(10-24-16)11-25-17-20-21-22-23(17)15-4-2-1-3-5-15/h6-10,15H,1-5,11H2. The number of oxazole rings is 1. The fraction of sp³-hybridized carbons (Fsp3) is 0.412. The van der Waals surface area contributed by atoms with Crippen molar-refractivity contribution < 1.29 is 8.81 Å². The van der Waals surface area contributed by atoms with Gasteiger partial charge in [-0.25, -0.2) is 14.1 Å². The van der Waals surface area contributed by atoms with E-state index >= 15 is 0 Å². The largest absolute Gasteiger partial charge is 0.444 e. The molecule has 2 aromatic heterocycles. The van der Waals surface area contributed by atoms with Crippen LogP contribution < -0.4 is 0 Å². The van der Waals surface area contributed by atoms with E-state index in [2.05, 4.69) is 20.5 Å². The van der Waals surface area contributed by atoms with Crippen LogP contribution >= 0.6 is 11.8 Å². The Morgan fingerprint density at radius 1 is 1.16 bits per heavy atom. The predicted octanol–water partition coefficient (Wildman–Crippen LogP) is 4.26. The number of thioether (sulfide) groups is 1. The summed E-state index contributed by atoms with van der Waals surface area (Å²) in [5.41, 5.74) is 1.56. The minimum absolute atomic E-state index is 0.277. The lowest BCUT2D eigenvalue weighted by Gasteiger charge is -2.21. The van der Waals surface area contributed by atoms with E-state index in [1.165, 1.54) is 31.4 Å². The van der Waals surface area contributed by atoms with Crippen molar-refractivity contribution in [1.82, 2.24) is 25.2 Å². The van der Waals surface area contributed by atoms with Gasteiger partial charge < -0.3 is 4.42 Å². The Morgan fingerprint density at radius 3 is 2.76 bits per heavy atom. The predicted molar refractivity (Wildman–Crippen MR) is 91.4 cm³/mol. The molecule has 4 rings (SSSR count). The Hall–Kier alpha value is -2.22. The Kier molecular flexibility index (Phi) is 4.78. The van der Waals surface area contributed by atoms with Crippen LogP contribution in [0.2, 0.25) is 0 Å². The van der Waals surface area contributed by atoms with Gasteiger partial charge in [-0.3, -0.25) is 0 Å². The average molecular weight is 359 g/mol. The van der Waals surface area contributed by atoms with Crippen LogP contribution in [0.15, 0.2) is 40.1 Å². The highest BCUT2D eigenvalue weighted by Crippen LogP contribution is 2.31. The molecule has 1 aromatic carbocycles. The molecule has 1 aliphatic rings. The number of benzene rings is 1. The average Bonchev–Trinajstić information content (AvgIpc) is 3.31. The van der Waals surface area contributed by atoms with Gasteiger partial charge in [0, 0.05) is 11.3 Å². The van der Waals surface area contributed by atoms with Gasteiger partial charge in [-0.1, -0.05) is 31.0 Å². The molecule has 1 aliphatic carbocycles. The molecule has 0 saturated heterocycles. The quantitative estimate of drug-likeness (QED) is 0.634. The minimum atomic E-state index is -0.277. The second-order valence-corrected chi connectivity index (χ2v) is 7.08. The van der Waals surface area contributed by atoms with Crippen molar-refractivity contribution in [2.75, 3.05) is 0 Å². The van der Waals surface area contributed by atoms with E-state index < -0.39 is 0 Å². The molecule has 0 atom stereocenters. The summed E-state index contributed by atoms with van der Waals surface area (Å²) in [4.78, 5) is 4.46. The van der Waals surface area contributed by atoms with E-state index in [1.54, 1.807) is 30.2 Å². The molecule has 0 spiro atoms. The zero-order valence-electron chi connectivity index (χ0n) is 13.6. The number of tetrazole rings is 1. The van der Waals surface area contributed by atoms with Crippen molar-refractivity contribution in [2.45, 2.75) is 49.1 Å². The minimum Gasteiger partial charge on any atom is -0.444 e. The molecular formula is C17H18FN5OS. The Bertz CT molecular complexity index is 826. The first-order chi connectivity index (χ1) is 12.3. The fourth-order valence-electron chi connectivity index (χ4n) is 3.07. The van der Waals surface area contributed by atoms with Crippen LogP contribution in [-0.4, -0.2) is 25.2 Å². The topological polar surface area (TPSA) is 69.6 Å². The first-order valence-corrected chi connectivity index (χ1v) is 9.39. The molecule has 130 valence electrons. The van der Waals surface area contributed by atoms with Crippen LogP contribution in [0.1, 0.15) is 43.8 Å².